The van der Waals surface area contributed by atoms with Gasteiger partial charge in [0.25, 0.3) is 10.0 Å². The number of hydrogen-bond donors (Lipinski definition) is 0. The van der Waals surface area contributed by atoms with Crippen LogP contribution in [0.3, 0.4) is 0 Å². The van der Waals surface area contributed by atoms with Crippen molar-refractivity contribution < 1.29 is 23.1 Å². The maximum absolute atomic E-state index is 13.2. The van der Waals surface area contributed by atoms with E-state index in [1.54, 1.807) is 26.0 Å². The average Bonchev–Trinajstić information content (AvgIpc) is 2.58. The van der Waals surface area contributed by atoms with E-state index in [1.807, 2.05) is 19.9 Å². The predicted molar refractivity (Wildman–Crippen MR) is 97.9 cm³/mol. The van der Waals surface area contributed by atoms with E-state index in [-0.39, 0.29) is 0 Å². The zero-order chi connectivity index (χ0) is 19.6. The van der Waals surface area contributed by atoms with Gasteiger partial charge in [-0.05, 0) is 74.2 Å². The Bertz CT molecular complexity index is 907. The molecule has 2 aromatic carbocycles. The van der Waals surface area contributed by atoms with Crippen molar-refractivity contribution >= 4 is 21.7 Å². The van der Waals surface area contributed by atoms with Crippen LogP contribution in [0.15, 0.2) is 35.2 Å². The first-order chi connectivity index (χ1) is 12.1. The minimum absolute atomic E-state index is 0.315. The second-order valence-corrected chi connectivity index (χ2v) is 8.12. The standard InChI is InChI=1S/C19H23NO5S/c1-12-10-13(2)15(4)19(14(12)3)26(23,24)20(5)16-6-8-17(9-7-16)25-11-18(21)22/h6-10H,11H2,1-5H3,(H,21,22)/p-1. The van der Waals surface area contributed by atoms with Crippen LogP contribution < -0.4 is 14.1 Å². The van der Waals surface area contributed by atoms with Crippen LogP contribution in [0.25, 0.3) is 0 Å². The van der Waals surface area contributed by atoms with Gasteiger partial charge >= 0.3 is 0 Å². The highest BCUT2D eigenvalue weighted by atomic mass is 32.2. The van der Waals surface area contributed by atoms with E-state index < -0.39 is 22.6 Å². The molecule has 26 heavy (non-hydrogen) atoms. The molecular formula is C19H22NO5S-. The molecule has 0 atom stereocenters. The quantitative estimate of drug-likeness (QED) is 0.768. The number of anilines is 1. The summed E-state index contributed by atoms with van der Waals surface area (Å²) in [5, 5.41) is 10.4. The zero-order valence-electron chi connectivity index (χ0n) is 15.5. The number of ether oxygens (including phenoxy) is 1. The molecule has 0 unspecified atom stereocenters. The fraction of sp³-hybridized carbons (Fsp3) is 0.316. The van der Waals surface area contributed by atoms with Crippen LogP contribution in [0.1, 0.15) is 22.3 Å². The topological polar surface area (TPSA) is 86.7 Å². The van der Waals surface area contributed by atoms with Gasteiger partial charge in [-0.2, -0.15) is 0 Å². The van der Waals surface area contributed by atoms with E-state index in [4.69, 9.17) is 4.74 Å². The molecule has 0 heterocycles. The van der Waals surface area contributed by atoms with Gasteiger partial charge in [0.1, 0.15) is 12.4 Å². The molecule has 7 heteroatoms. The molecule has 6 nitrogen and oxygen atoms in total. The van der Waals surface area contributed by atoms with Crippen molar-refractivity contribution in [3.8, 4) is 5.75 Å². The normalized spacial score (nSPS) is 11.3. The molecule has 140 valence electrons. The van der Waals surface area contributed by atoms with E-state index in [0.717, 1.165) is 22.3 Å². The Hall–Kier alpha value is -2.54. The Morgan fingerprint density at radius 3 is 2.00 bits per heavy atom. The van der Waals surface area contributed by atoms with E-state index in [2.05, 4.69) is 0 Å². The summed E-state index contributed by atoms with van der Waals surface area (Å²) >= 11 is 0. The van der Waals surface area contributed by atoms with E-state index in [9.17, 15) is 18.3 Å². The SMILES string of the molecule is Cc1cc(C)c(C)c(S(=O)(=O)N(C)c2ccc(OCC(=O)[O-])cc2)c1C. The van der Waals surface area contributed by atoms with Crippen molar-refractivity contribution in [2.45, 2.75) is 32.6 Å². The van der Waals surface area contributed by atoms with Gasteiger partial charge in [0.15, 0.2) is 0 Å². The summed E-state index contributed by atoms with van der Waals surface area (Å²) in [4.78, 5) is 10.7. The summed E-state index contributed by atoms with van der Waals surface area (Å²) in [5.41, 5.74) is 3.75. The van der Waals surface area contributed by atoms with Crippen LogP contribution in [-0.4, -0.2) is 28.0 Å². The number of rotatable bonds is 6. The second kappa shape index (κ2) is 7.37. The Kier molecular flexibility index (Phi) is 5.61. The lowest BCUT2D eigenvalue weighted by atomic mass is 10.0. The summed E-state index contributed by atoms with van der Waals surface area (Å²) in [6, 6.07) is 8.15. The Balaban J connectivity index is 2.40. The molecule has 0 saturated carbocycles. The van der Waals surface area contributed by atoms with Gasteiger partial charge < -0.3 is 14.6 Å². The van der Waals surface area contributed by atoms with Crippen molar-refractivity contribution in [3.63, 3.8) is 0 Å². The minimum Gasteiger partial charge on any atom is -0.546 e. The number of benzene rings is 2. The van der Waals surface area contributed by atoms with Gasteiger partial charge in [-0.15, -0.1) is 0 Å². The second-order valence-electron chi connectivity index (χ2n) is 6.22. The van der Waals surface area contributed by atoms with Gasteiger partial charge in [0.2, 0.25) is 0 Å². The van der Waals surface area contributed by atoms with E-state index >= 15 is 0 Å². The molecule has 0 aliphatic rings. The largest absolute Gasteiger partial charge is 0.546 e. The van der Waals surface area contributed by atoms with Gasteiger partial charge in [0.05, 0.1) is 16.6 Å². The predicted octanol–water partition coefficient (Wildman–Crippen LogP) is 1.87. The third kappa shape index (κ3) is 3.83. The first kappa shape index (κ1) is 19.8. The first-order valence-corrected chi connectivity index (χ1v) is 9.48. The molecule has 0 bridgehead atoms. The lowest BCUT2D eigenvalue weighted by molar-refractivity contribution is -0.307. The van der Waals surface area contributed by atoms with Gasteiger partial charge in [0, 0.05) is 7.05 Å². The van der Waals surface area contributed by atoms with Crippen LogP contribution in [-0.2, 0) is 14.8 Å². The van der Waals surface area contributed by atoms with E-state index in [1.165, 1.54) is 23.5 Å². The number of aryl methyl sites for hydroxylation is 2. The molecule has 2 rings (SSSR count). The maximum atomic E-state index is 13.2. The molecule has 0 spiro atoms. The lowest BCUT2D eigenvalue weighted by Gasteiger charge is -2.24. The number of carboxylic acid groups (broad SMARTS) is 1. The zero-order valence-corrected chi connectivity index (χ0v) is 16.3. The fourth-order valence-corrected chi connectivity index (χ4v) is 4.51. The van der Waals surface area contributed by atoms with Crippen LogP contribution >= 0.6 is 0 Å². The van der Waals surface area contributed by atoms with Crippen molar-refractivity contribution in [1.29, 1.82) is 0 Å². The molecule has 0 saturated heterocycles. The molecule has 0 radical (unpaired) electrons. The van der Waals surface area contributed by atoms with Crippen molar-refractivity contribution in [2.24, 2.45) is 0 Å². The van der Waals surface area contributed by atoms with Crippen LogP contribution in [0.2, 0.25) is 0 Å². The smallest absolute Gasteiger partial charge is 0.264 e. The molecule has 0 N–H and O–H groups in total. The number of sulfonamides is 1. The lowest BCUT2D eigenvalue weighted by Crippen LogP contribution is -2.29. The Morgan fingerprint density at radius 2 is 1.54 bits per heavy atom. The van der Waals surface area contributed by atoms with Crippen LogP contribution in [0.4, 0.5) is 5.69 Å². The highest BCUT2D eigenvalue weighted by Gasteiger charge is 2.27. The third-order valence-corrected chi connectivity index (χ3v) is 6.53. The number of carboxylic acids is 1. The summed E-state index contributed by atoms with van der Waals surface area (Å²) in [7, 11) is -2.26. The number of aliphatic carboxylic acids is 1. The van der Waals surface area contributed by atoms with Crippen LogP contribution in [0, 0.1) is 27.7 Å². The summed E-state index contributed by atoms with van der Waals surface area (Å²) in [6.07, 6.45) is 0. The molecule has 0 amide bonds. The van der Waals surface area contributed by atoms with Crippen molar-refractivity contribution in [1.82, 2.24) is 0 Å². The molecule has 2 aromatic rings. The van der Waals surface area contributed by atoms with E-state index in [0.29, 0.717) is 16.3 Å². The summed E-state index contributed by atoms with van der Waals surface area (Å²) in [5.74, 6) is -1.00. The number of hydrogen-bond acceptors (Lipinski definition) is 5. The Labute approximate surface area is 154 Å². The first-order valence-electron chi connectivity index (χ1n) is 8.04. The van der Waals surface area contributed by atoms with Crippen LogP contribution in [0.5, 0.6) is 5.75 Å². The third-order valence-electron chi connectivity index (χ3n) is 4.47. The number of nitrogens with zero attached hydrogens (tertiary/aromatic N) is 1. The fourth-order valence-electron chi connectivity index (χ4n) is 2.74. The molecule has 0 aromatic heterocycles. The van der Waals surface area contributed by atoms with Crippen molar-refractivity contribution in [3.05, 3.63) is 52.6 Å². The maximum Gasteiger partial charge on any atom is 0.264 e. The number of carbonyl (C=O) groups is 1. The highest BCUT2D eigenvalue weighted by molar-refractivity contribution is 7.92. The molecular weight excluding hydrogens is 354 g/mol. The Morgan fingerprint density at radius 1 is 1.04 bits per heavy atom. The molecule has 0 fully saturated rings. The van der Waals surface area contributed by atoms with Crippen molar-refractivity contribution in [2.75, 3.05) is 18.0 Å². The highest BCUT2D eigenvalue weighted by Crippen LogP contribution is 2.31. The van der Waals surface area contributed by atoms with Gasteiger partial charge in [-0.25, -0.2) is 8.42 Å². The minimum atomic E-state index is -3.75. The number of carbonyl (C=O) groups excluding carboxylic acids is 1. The summed E-state index contributed by atoms with van der Waals surface area (Å²) < 4.78 is 32.6. The van der Waals surface area contributed by atoms with Gasteiger partial charge in [-0.1, -0.05) is 6.07 Å². The molecule has 0 aliphatic heterocycles. The monoisotopic (exact) mass is 376 g/mol. The molecule has 0 aliphatic carbocycles. The van der Waals surface area contributed by atoms with Gasteiger partial charge in [-0.3, -0.25) is 4.31 Å². The summed E-state index contributed by atoms with van der Waals surface area (Å²) in [6.45, 7) is 6.83. The average molecular weight is 376 g/mol.